The molecule has 0 saturated carbocycles. The number of aryl methyl sites for hydroxylation is 2. The summed E-state index contributed by atoms with van der Waals surface area (Å²) in [5, 5.41) is 19.3. The molecule has 12 heteroatoms. The number of nitrogens with zero attached hydrogens (tertiary/aromatic N) is 8. The molecule has 1 saturated heterocycles. The third kappa shape index (κ3) is 4.22. The van der Waals surface area contributed by atoms with Crippen molar-refractivity contribution in [1.82, 2.24) is 34.3 Å². The molecule has 1 aliphatic heterocycles. The van der Waals surface area contributed by atoms with Crippen LogP contribution < -0.4 is 0 Å². The quantitative estimate of drug-likeness (QED) is 0.408. The lowest BCUT2D eigenvalue weighted by Gasteiger charge is -2.33. The number of amides is 1. The molecule has 1 amide bonds. The first-order chi connectivity index (χ1) is 14.5. The Labute approximate surface area is 171 Å². The van der Waals surface area contributed by atoms with Gasteiger partial charge in [0, 0.05) is 45.3 Å². The number of carbonyl (C=O) groups is 1. The van der Waals surface area contributed by atoms with Gasteiger partial charge in [0.15, 0.2) is 11.6 Å². The molecule has 0 unspecified atom stereocenters. The third-order valence-electron chi connectivity index (χ3n) is 5.17. The van der Waals surface area contributed by atoms with Crippen molar-refractivity contribution in [3.05, 3.63) is 58.2 Å². The Morgan fingerprint density at radius 2 is 2.10 bits per heavy atom. The zero-order valence-corrected chi connectivity index (χ0v) is 16.5. The Hall–Kier alpha value is -3.54. The summed E-state index contributed by atoms with van der Waals surface area (Å²) in [6, 6.07) is 3.39. The van der Waals surface area contributed by atoms with Crippen LogP contribution in [0.15, 0.2) is 35.2 Å². The first-order valence-electron chi connectivity index (χ1n) is 9.60. The summed E-state index contributed by atoms with van der Waals surface area (Å²) < 4.78 is 8.37. The predicted octanol–water partition coefficient (Wildman–Crippen LogP) is 0.713. The fraction of sp³-hybridized carbons (Fsp3) is 0.444. The van der Waals surface area contributed by atoms with Gasteiger partial charge in [-0.25, -0.2) is 9.55 Å². The highest BCUT2D eigenvalue weighted by atomic mass is 16.6. The Bertz CT molecular complexity index is 1020. The van der Waals surface area contributed by atoms with Crippen LogP contribution in [0.25, 0.3) is 0 Å². The molecule has 3 aromatic heterocycles. The number of rotatable bonds is 7. The Kier molecular flexibility index (Phi) is 5.57. The number of carbonyl (C=O) groups excluding carboxylic acids is 1. The zero-order valence-electron chi connectivity index (χ0n) is 16.5. The largest absolute Gasteiger partial charge is 0.459 e. The average Bonchev–Trinajstić information content (AvgIpc) is 3.48. The average molecular weight is 414 g/mol. The minimum absolute atomic E-state index is 0.0334. The number of imidazole rings is 1. The number of nitro groups is 1. The van der Waals surface area contributed by atoms with Crippen LogP contribution in [0.1, 0.15) is 22.1 Å². The number of hydrogen-bond acceptors (Lipinski definition) is 8. The third-order valence-corrected chi connectivity index (χ3v) is 5.17. The topological polar surface area (TPSA) is 128 Å². The van der Waals surface area contributed by atoms with E-state index >= 15 is 0 Å². The molecule has 12 nitrogen and oxygen atoms in total. The van der Waals surface area contributed by atoms with Gasteiger partial charge in [0.25, 0.3) is 5.91 Å². The van der Waals surface area contributed by atoms with Crippen LogP contribution in [0.3, 0.4) is 0 Å². The molecule has 4 heterocycles. The first-order valence-corrected chi connectivity index (χ1v) is 9.60. The van der Waals surface area contributed by atoms with Crippen LogP contribution in [0.4, 0.5) is 5.82 Å². The maximum absolute atomic E-state index is 12.3. The predicted molar refractivity (Wildman–Crippen MR) is 103 cm³/mol. The van der Waals surface area contributed by atoms with Gasteiger partial charge in [-0.1, -0.05) is 5.21 Å². The summed E-state index contributed by atoms with van der Waals surface area (Å²) in [5.41, 5.74) is 0.839. The zero-order chi connectivity index (χ0) is 21.1. The molecule has 0 aliphatic carbocycles. The van der Waals surface area contributed by atoms with E-state index in [0.29, 0.717) is 44.2 Å². The van der Waals surface area contributed by atoms with Crippen molar-refractivity contribution in [3.8, 4) is 0 Å². The van der Waals surface area contributed by atoms with Gasteiger partial charge in [-0.2, -0.15) is 0 Å². The van der Waals surface area contributed by atoms with Crippen molar-refractivity contribution in [1.29, 1.82) is 0 Å². The second-order valence-corrected chi connectivity index (χ2v) is 7.12. The maximum Gasteiger partial charge on any atom is 0.342 e. The van der Waals surface area contributed by atoms with Crippen LogP contribution in [-0.2, 0) is 26.6 Å². The molecule has 158 valence electrons. The summed E-state index contributed by atoms with van der Waals surface area (Å²) in [4.78, 5) is 30.9. The highest BCUT2D eigenvalue weighted by Crippen LogP contribution is 2.13. The van der Waals surface area contributed by atoms with E-state index in [1.807, 2.05) is 6.20 Å². The summed E-state index contributed by atoms with van der Waals surface area (Å²) in [6.45, 7) is 3.93. The molecule has 3 aromatic rings. The molecular formula is C18H22N8O4. The minimum Gasteiger partial charge on any atom is -0.459 e. The van der Waals surface area contributed by atoms with Crippen LogP contribution in [-0.4, -0.2) is 71.4 Å². The van der Waals surface area contributed by atoms with Crippen LogP contribution >= 0.6 is 0 Å². The number of aromatic nitrogens is 5. The second-order valence-electron chi connectivity index (χ2n) is 7.12. The van der Waals surface area contributed by atoms with E-state index in [-0.39, 0.29) is 11.7 Å². The van der Waals surface area contributed by atoms with E-state index in [9.17, 15) is 14.9 Å². The van der Waals surface area contributed by atoms with Crippen LogP contribution in [0, 0.1) is 10.1 Å². The van der Waals surface area contributed by atoms with Gasteiger partial charge in [-0.05, 0) is 17.1 Å². The lowest BCUT2D eigenvalue weighted by molar-refractivity contribution is -0.391. The van der Waals surface area contributed by atoms with Crippen molar-refractivity contribution in [2.45, 2.75) is 19.5 Å². The van der Waals surface area contributed by atoms with E-state index in [1.54, 1.807) is 28.8 Å². The molecule has 0 N–H and O–H groups in total. The van der Waals surface area contributed by atoms with E-state index in [1.165, 1.54) is 17.0 Å². The molecule has 0 aromatic carbocycles. The van der Waals surface area contributed by atoms with Gasteiger partial charge in [-0.15, -0.1) is 5.10 Å². The number of hydrogen-bond donors (Lipinski definition) is 0. The van der Waals surface area contributed by atoms with Crippen LogP contribution in [0.5, 0.6) is 0 Å². The Balaban J connectivity index is 1.26. The lowest BCUT2D eigenvalue weighted by Crippen LogP contribution is -2.48. The first kappa shape index (κ1) is 19.8. The van der Waals surface area contributed by atoms with Crippen molar-refractivity contribution >= 4 is 11.7 Å². The summed E-state index contributed by atoms with van der Waals surface area (Å²) in [7, 11) is 1.63. The summed E-state index contributed by atoms with van der Waals surface area (Å²) in [5.74, 6) is 0.870. The van der Waals surface area contributed by atoms with E-state index in [2.05, 4.69) is 20.2 Å². The molecule has 0 spiro atoms. The minimum atomic E-state index is -0.452. The van der Waals surface area contributed by atoms with Gasteiger partial charge in [0.2, 0.25) is 0 Å². The van der Waals surface area contributed by atoms with E-state index < -0.39 is 4.92 Å². The fourth-order valence-corrected chi connectivity index (χ4v) is 3.47. The van der Waals surface area contributed by atoms with E-state index in [0.717, 1.165) is 18.8 Å². The van der Waals surface area contributed by atoms with Gasteiger partial charge in [0.05, 0.1) is 25.5 Å². The highest BCUT2D eigenvalue weighted by molar-refractivity contribution is 5.91. The molecule has 1 fully saturated rings. The molecule has 1 aliphatic rings. The number of piperazine rings is 1. The monoisotopic (exact) mass is 414 g/mol. The van der Waals surface area contributed by atoms with Gasteiger partial charge in [0.1, 0.15) is 6.20 Å². The molecule has 0 bridgehead atoms. The molecular weight excluding hydrogens is 392 g/mol. The Morgan fingerprint density at radius 3 is 2.77 bits per heavy atom. The van der Waals surface area contributed by atoms with Crippen molar-refractivity contribution in [3.63, 3.8) is 0 Å². The second kappa shape index (κ2) is 8.45. The molecule has 30 heavy (non-hydrogen) atoms. The standard InChI is InChI=1S/C18H22N8O4/c1-22-16(19-11-17(22)26(28)29)4-5-25-13-14(20-21-25)12-23-6-8-24(9-7-23)18(27)15-3-2-10-30-15/h2-3,10-11,13H,4-9,12H2,1H3. The van der Waals surface area contributed by atoms with Gasteiger partial charge >= 0.3 is 5.82 Å². The van der Waals surface area contributed by atoms with Crippen molar-refractivity contribution < 1.29 is 14.1 Å². The summed E-state index contributed by atoms with van der Waals surface area (Å²) >= 11 is 0. The van der Waals surface area contributed by atoms with Crippen molar-refractivity contribution in [2.75, 3.05) is 26.2 Å². The van der Waals surface area contributed by atoms with Gasteiger partial charge < -0.3 is 19.4 Å². The highest BCUT2D eigenvalue weighted by Gasteiger charge is 2.24. The summed E-state index contributed by atoms with van der Waals surface area (Å²) in [6.07, 6.45) is 5.15. The van der Waals surface area contributed by atoms with Crippen molar-refractivity contribution in [2.24, 2.45) is 7.05 Å². The molecule has 0 radical (unpaired) electrons. The molecule has 0 atom stereocenters. The SMILES string of the molecule is Cn1c([N+](=O)[O-])cnc1CCn1cc(CN2CCN(C(=O)c3ccco3)CC2)nn1. The van der Waals surface area contributed by atoms with E-state index in [4.69, 9.17) is 4.42 Å². The van der Waals surface area contributed by atoms with Gasteiger partial charge in [-0.3, -0.25) is 14.4 Å². The maximum atomic E-state index is 12.3. The fourth-order valence-electron chi connectivity index (χ4n) is 3.47. The normalized spacial score (nSPS) is 14.9. The smallest absolute Gasteiger partial charge is 0.342 e. The number of furan rings is 1. The Morgan fingerprint density at radius 1 is 1.30 bits per heavy atom. The van der Waals surface area contributed by atoms with Crippen LogP contribution in [0.2, 0.25) is 0 Å². The lowest BCUT2D eigenvalue weighted by atomic mass is 10.2. The molecule has 4 rings (SSSR count).